The monoisotopic (exact) mass is 236 g/mol. The molecule has 0 unspecified atom stereocenters. The van der Waals surface area contributed by atoms with E-state index in [-0.39, 0.29) is 30.2 Å². The first-order valence-corrected chi connectivity index (χ1v) is 4.22. The lowest BCUT2D eigenvalue weighted by atomic mass is 9.85. The van der Waals surface area contributed by atoms with Crippen molar-refractivity contribution in [3.8, 4) is 5.75 Å². The van der Waals surface area contributed by atoms with E-state index in [9.17, 15) is 5.11 Å². The molecule has 0 atom stereocenters. The molecule has 0 aliphatic rings. The van der Waals surface area contributed by atoms with Crippen LogP contribution in [0.4, 0.5) is 0 Å². The van der Waals surface area contributed by atoms with Crippen molar-refractivity contribution >= 4 is 24.8 Å². The van der Waals surface area contributed by atoms with Crippen molar-refractivity contribution in [3.63, 3.8) is 0 Å². The Kier molecular flexibility index (Phi) is 6.27. The first kappa shape index (κ1) is 16.0. The summed E-state index contributed by atoms with van der Waals surface area (Å²) in [5.41, 5.74) is 1.99. The lowest BCUT2D eigenvalue weighted by molar-refractivity contribution is 0.443. The van der Waals surface area contributed by atoms with E-state index >= 15 is 0 Å². The molecule has 0 spiro atoms. The van der Waals surface area contributed by atoms with Gasteiger partial charge in [0.1, 0.15) is 5.75 Å². The highest BCUT2D eigenvalue weighted by molar-refractivity contribution is 5.85. The third-order valence-electron chi connectivity index (χ3n) is 2.05. The quantitative estimate of drug-likeness (QED) is 0.726. The molecule has 3 heteroatoms. The Morgan fingerprint density at radius 2 is 1.57 bits per heavy atom. The minimum atomic E-state index is 0. The second kappa shape index (κ2) is 5.47. The average molecular weight is 237 g/mol. The number of benzene rings is 1. The van der Waals surface area contributed by atoms with Crippen LogP contribution in [-0.4, -0.2) is 5.11 Å². The van der Waals surface area contributed by atoms with Gasteiger partial charge in [-0.1, -0.05) is 39.0 Å². The maximum Gasteiger partial charge on any atom is 0.122 e. The fraction of sp³-hybridized carbons (Fsp3) is 0.455. The predicted molar refractivity (Wildman–Crippen MR) is 66.0 cm³/mol. The van der Waals surface area contributed by atoms with Gasteiger partial charge in [0, 0.05) is 0 Å². The summed E-state index contributed by atoms with van der Waals surface area (Å²) in [6.45, 7) is 8.22. The van der Waals surface area contributed by atoms with E-state index in [1.165, 1.54) is 0 Å². The molecule has 0 bridgehead atoms. The number of hydrogen-bond donors (Lipinski definition) is 1. The highest BCUT2D eigenvalue weighted by Crippen LogP contribution is 2.32. The smallest absolute Gasteiger partial charge is 0.122 e. The predicted octanol–water partition coefficient (Wildman–Crippen LogP) is 3.84. The molecule has 1 nitrogen and oxygen atoms in total. The first-order valence-electron chi connectivity index (χ1n) is 4.22. The standard InChI is InChI=1S/C11H16O.2ClH/c1-8-6-5-7-9(10(8)12)11(2,3)4;;/h5-7,12H,1-4H3;2*1H. The Morgan fingerprint density at radius 1 is 1.07 bits per heavy atom. The van der Waals surface area contributed by atoms with Crippen LogP contribution in [0, 0.1) is 6.92 Å². The van der Waals surface area contributed by atoms with Crippen molar-refractivity contribution < 1.29 is 5.11 Å². The second-order valence-electron chi connectivity index (χ2n) is 4.22. The van der Waals surface area contributed by atoms with Crippen LogP contribution in [0.25, 0.3) is 0 Å². The molecule has 0 aromatic heterocycles. The summed E-state index contributed by atoms with van der Waals surface area (Å²) in [5, 5.41) is 9.73. The largest absolute Gasteiger partial charge is 0.507 e. The van der Waals surface area contributed by atoms with E-state index in [1.54, 1.807) is 0 Å². The molecule has 1 N–H and O–H groups in total. The van der Waals surface area contributed by atoms with Gasteiger partial charge in [-0.05, 0) is 23.5 Å². The minimum Gasteiger partial charge on any atom is -0.507 e. The number of aromatic hydroxyl groups is 1. The lowest BCUT2D eigenvalue weighted by Gasteiger charge is -2.20. The fourth-order valence-electron chi connectivity index (χ4n) is 1.26. The SMILES string of the molecule is Cc1cccc(C(C)(C)C)c1O.Cl.Cl. The molecule has 0 heterocycles. The van der Waals surface area contributed by atoms with E-state index in [0.717, 1.165) is 11.1 Å². The van der Waals surface area contributed by atoms with Gasteiger partial charge in [0.05, 0.1) is 0 Å². The molecule has 0 radical (unpaired) electrons. The Bertz CT molecular complexity index is 290. The van der Waals surface area contributed by atoms with Gasteiger partial charge >= 0.3 is 0 Å². The van der Waals surface area contributed by atoms with Crippen LogP contribution in [0.5, 0.6) is 5.75 Å². The molecule has 14 heavy (non-hydrogen) atoms. The maximum absolute atomic E-state index is 9.73. The number of rotatable bonds is 0. The Balaban J connectivity index is 0. The van der Waals surface area contributed by atoms with Gasteiger partial charge in [0.15, 0.2) is 0 Å². The van der Waals surface area contributed by atoms with Crippen molar-refractivity contribution in [2.24, 2.45) is 0 Å². The zero-order valence-corrected chi connectivity index (χ0v) is 10.6. The molecule has 0 fully saturated rings. The third kappa shape index (κ3) is 3.39. The van der Waals surface area contributed by atoms with Gasteiger partial charge in [-0.15, -0.1) is 24.8 Å². The summed E-state index contributed by atoms with van der Waals surface area (Å²) in [7, 11) is 0. The maximum atomic E-state index is 9.73. The number of phenols is 1. The van der Waals surface area contributed by atoms with E-state index in [2.05, 4.69) is 20.8 Å². The molecular weight excluding hydrogens is 219 g/mol. The van der Waals surface area contributed by atoms with E-state index < -0.39 is 0 Å². The van der Waals surface area contributed by atoms with Crippen molar-refractivity contribution in [2.45, 2.75) is 33.1 Å². The van der Waals surface area contributed by atoms with Gasteiger partial charge in [-0.25, -0.2) is 0 Å². The Morgan fingerprint density at radius 3 is 1.93 bits per heavy atom. The number of aryl methyl sites for hydroxylation is 1. The zero-order chi connectivity index (χ0) is 9.35. The van der Waals surface area contributed by atoms with Crippen LogP contribution in [0.1, 0.15) is 31.9 Å². The molecule has 0 saturated carbocycles. The van der Waals surface area contributed by atoms with Crippen LogP contribution in [0.3, 0.4) is 0 Å². The van der Waals surface area contributed by atoms with Crippen molar-refractivity contribution in [3.05, 3.63) is 29.3 Å². The molecular formula is C11H18Cl2O. The normalized spacial score (nSPS) is 10.0. The molecule has 82 valence electrons. The average Bonchev–Trinajstić information content (AvgIpc) is 1.92. The summed E-state index contributed by atoms with van der Waals surface area (Å²) < 4.78 is 0. The highest BCUT2D eigenvalue weighted by Gasteiger charge is 2.17. The second-order valence-corrected chi connectivity index (χ2v) is 4.22. The number of hydrogen-bond acceptors (Lipinski definition) is 1. The summed E-state index contributed by atoms with van der Waals surface area (Å²) in [5.74, 6) is 0.435. The number of halogens is 2. The van der Waals surface area contributed by atoms with Crippen LogP contribution in [0.15, 0.2) is 18.2 Å². The molecule has 0 aliphatic heterocycles. The summed E-state index contributed by atoms with van der Waals surface area (Å²) in [4.78, 5) is 0. The van der Waals surface area contributed by atoms with Gasteiger partial charge < -0.3 is 5.11 Å². The van der Waals surface area contributed by atoms with Crippen molar-refractivity contribution in [2.75, 3.05) is 0 Å². The minimum absolute atomic E-state index is 0. The molecule has 1 aromatic carbocycles. The topological polar surface area (TPSA) is 20.2 Å². The first-order chi connectivity index (χ1) is 5.43. The van der Waals surface area contributed by atoms with Crippen LogP contribution >= 0.6 is 24.8 Å². The van der Waals surface area contributed by atoms with Gasteiger partial charge in [-0.3, -0.25) is 0 Å². The number of para-hydroxylation sites is 1. The van der Waals surface area contributed by atoms with Crippen LogP contribution < -0.4 is 0 Å². The van der Waals surface area contributed by atoms with Crippen LogP contribution in [0.2, 0.25) is 0 Å². The molecule has 0 saturated heterocycles. The number of phenolic OH excluding ortho intramolecular Hbond substituents is 1. The van der Waals surface area contributed by atoms with E-state index in [4.69, 9.17) is 0 Å². The fourth-order valence-corrected chi connectivity index (χ4v) is 1.26. The van der Waals surface area contributed by atoms with Crippen molar-refractivity contribution in [1.82, 2.24) is 0 Å². The molecule has 1 rings (SSSR count). The summed E-state index contributed by atoms with van der Waals surface area (Å²) in [6, 6.07) is 5.88. The summed E-state index contributed by atoms with van der Waals surface area (Å²) >= 11 is 0. The lowest BCUT2D eigenvalue weighted by Crippen LogP contribution is -2.11. The van der Waals surface area contributed by atoms with Gasteiger partial charge in [-0.2, -0.15) is 0 Å². The molecule has 0 aliphatic carbocycles. The Labute approximate surface area is 98.4 Å². The summed E-state index contributed by atoms with van der Waals surface area (Å²) in [6.07, 6.45) is 0. The van der Waals surface area contributed by atoms with E-state index in [1.807, 2.05) is 25.1 Å². The van der Waals surface area contributed by atoms with Crippen molar-refractivity contribution in [1.29, 1.82) is 0 Å². The molecule has 1 aromatic rings. The molecule has 0 amide bonds. The van der Waals surface area contributed by atoms with Gasteiger partial charge in [0.25, 0.3) is 0 Å². The Hall–Kier alpha value is -0.400. The van der Waals surface area contributed by atoms with E-state index in [0.29, 0.717) is 5.75 Å². The zero-order valence-electron chi connectivity index (χ0n) is 9.00. The van der Waals surface area contributed by atoms with Crippen LogP contribution in [-0.2, 0) is 5.41 Å². The highest BCUT2D eigenvalue weighted by atomic mass is 35.5. The van der Waals surface area contributed by atoms with Gasteiger partial charge in [0.2, 0.25) is 0 Å². The third-order valence-corrected chi connectivity index (χ3v) is 2.05.